The van der Waals surface area contributed by atoms with Gasteiger partial charge in [0.15, 0.2) is 0 Å². The number of hydrogen-bond donors (Lipinski definition) is 7. The Morgan fingerprint density at radius 3 is 1.83 bits per heavy atom. The minimum Gasteiger partial charge on any atom is -0.453 e. The number of hydrogen-bond acceptors (Lipinski definition) is 13. The number of ether oxygens (including phenoxy) is 3. The Hall–Kier alpha value is -7.18. The molecular weight excluding hydrogens is 1030 g/mol. The van der Waals surface area contributed by atoms with Crippen LogP contribution in [0.2, 0.25) is 0 Å². The molecule has 1 aromatic heterocycles. The Kier molecular flexibility index (Phi) is 19.0. The minimum atomic E-state index is -5.24. The van der Waals surface area contributed by atoms with Crippen LogP contribution < -0.4 is 31.6 Å². The number of pyridine rings is 1. The van der Waals surface area contributed by atoms with E-state index in [0.29, 0.717) is 81.6 Å². The Balaban J connectivity index is 1.52. The van der Waals surface area contributed by atoms with E-state index >= 15 is 8.78 Å². The highest BCUT2D eigenvalue weighted by atomic mass is 19.4. The highest BCUT2D eigenvalue weighted by molar-refractivity contribution is 6.08. The van der Waals surface area contributed by atoms with Crippen LogP contribution in [0.5, 0.6) is 0 Å². The summed E-state index contributed by atoms with van der Waals surface area (Å²) in [6.45, 7) is -0.225. The van der Waals surface area contributed by atoms with Crippen molar-refractivity contribution in [2.45, 2.75) is 83.8 Å². The van der Waals surface area contributed by atoms with E-state index in [9.17, 15) is 59.4 Å². The zero-order chi connectivity index (χ0) is 56.6. The molecule has 2 saturated heterocycles. The molecule has 414 valence electrons. The second-order valence-electron chi connectivity index (χ2n) is 19.2. The van der Waals surface area contributed by atoms with E-state index in [1.807, 2.05) is 16.8 Å². The largest absolute Gasteiger partial charge is 0.453 e. The van der Waals surface area contributed by atoms with E-state index in [4.69, 9.17) is 10.1 Å². The minimum absolute atomic E-state index is 0.169. The average Bonchev–Trinajstić information content (AvgIpc) is 3.31. The van der Waals surface area contributed by atoms with E-state index in [2.05, 4.69) is 36.5 Å². The number of rotatable bonds is 20. The Morgan fingerprint density at radius 1 is 0.842 bits per heavy atom. The third-order valence-electron chi connectivity index (χ3n) is 12.8. The summed E-state index contributed by atoms with van der Waals surface area (Å²) in [5.41, 5.74) is -4.64. The number of aliphatic hydroxyl groups excluding tert-OH is 1. The first-order valence-corrected chi connectivity index (χ1v) is 22.9. The summed E-state index contributed by atoms with van der Waals surface area (Å²) in [7, 11) is 1.58. The lowest BCUT2D eigenvalue weighted by molar-refractivity contribution is -0.221. The molecule has 2 aliphatic heterocycles. The topological polar surface area (TPSA) is 220 Å². The smallest absolute Gasteiger partial charge is 0.407 e. The number of allylic oxidation sites excluding steroid dienone is 1. The molecule has 7 N–H and O–H groups in total. The van der Waals surface area contributed by atoms with Crippen LogP contribution in [0.1, 0.15) is 55.5 Å². The second-order valence-corrected chi connectivity index (χ2v) is 19.2. The molecule has 17 nitrogen and oxygen atoms in total. The Bertz CT molecular complexity index is 2640. The van der Waals surface area contributed by atoms with Crippen molar-refractivity contribution in [1.82, 2.24) is 36.7 Å². The highest BCUT2D eigenvalue weighted by Gasteiger charge is 2.57. The molecule has 2 aliphatic rings. The predicted octanol–water partition coefficient (Wildman–Crippen LogP) is 5.95. The van der Waals surface area contributed by atoms with Gasteiger partial charge < -0.3 is 50.9 Å². The number of carbonyl (C=O) groups excluding carboxylic acids is 4. The summed E-state index contributed by atoms with van der Waals surface area (Å²) in [5, 5.41) is 27.4. The summed E-state index contributed by atoms with van der Waals surface area (Å²) < 4.78 is 159. The average molecular weight is 1090 g/mol. The number of hydrazine groups is 1. The maximum atomic E-state index is 15.9. The number of benzene rings is 2. The number of nitrogens with one attached hydrogen (secondary N) is 6. The van der Waals surface area contributed by atoms with Gasteiger partial charge in [-0.3, -0.25) is 15.0 Å². The molecule has 4 amide bonds. The van der Waals surface area contributed by atoms with E-state index < -0.39 is 126 Å². The van der Waals surface area contributed by atoms with Crippen molar-refractivity contribution in [3.8, 4) is 11.8 Å². The van der Waals surface area contributed by atoms with Crippen molar-refractivity contribution in [3.63, 3.8) is 0 Å². The zero-order valence-electron chi connectivity index (χ0n) is 41.6. The lowest BCUT2D eigenvalue weighted by Gasteiger charge is -2.55. The Morgan fingerprint density at radius 2 is 1.37 bits per heavy atom. The quantitative estimate of drug-likeness (QED) is 0.0230. The molecule has 0 bridgehead atoms. The van der Waals surface area contributed by atoms with Crippen molar-refractivity contribution in [1.29, 1.82) is 5.41 Å². The molecule has 0 radical (unpaired) electrons. The standard InChI is InChI=1S/C49H55F10N9O8/c1-45(2,48(54,55)56)38(64-43(72)74-5)40(70)63-35(15-28-10-7-27(8-11-28)9-12-29-13-14-37(61-19-29)67-23-47(24-67)25-76-26-47)36(69)22-68(66-41(71)39(65-44(73)75-6)46(3,4)49(57,58)59)21-32-33(50)16-30(17-34(32)51)31(18-60)20-62-42(52)53/h7-8,10-11,13-14,16-20,35-36,38-39,42,60,62,69H,15,21-26H2,1-6H3,(H,63,70)(H,64,72)(H,65,73)(H,66,71)/b31-20+,60-18?/t35-,36-,38?,39+/m0/s1. The van der Waals surface area contributed by atoms with E-state index in [0.717, 1.165) is 33.1 Å². The molecule has 3 aromatic rings. The molecule has 76 heavy (non-hydrogen) atoms. The normalized spacial score (nSPS) is 16.2. The number of anilines is 1. The Labute approximate surface area is 429 Å². The van der Waals surface area contributed by atoms with E-state index in [1.54, 1.807) is 22.9 Å². The fourth-order valence-electron chi connectivity index (χ4n) is 7.84. The molecule has 5 rings (SSSR count). The monoisotopic (exact) mass is 1090 g/mol. The molecule has 4 atom stereocenters. The van der Waals surface area contributed by atoms with Crippen molar-refractivity contribution in [3.05, 3.63) is 100 Å². The van der Waals surface area contributed by atoms with Gasteiger partial charge in [0.1, 0.15) is 29.5 Å². The number of carbonyl (C=O) groups is 4. The molecule has 1 unspecified atom stereocenters. The van der Waals surface area contributed by atoms with Gasteiger partial charge in [-0.05, 0) is 81.6 Å². The number of alkyl carbamates (subject to hydrolysis) is 2. The maximum Gasteiger partial charge on any atom is 0.407 e. The van der Waals surface area contributed by atoms with Crippen LogP contribution in [0.4, 0.5) is 59.3 Å². The van der Waals surface area contributed by atoms with Gasteiger partial charge in [0.2, 0.25) is 5.91 Å². The van der Waals surface area contributed by atoms with Crippen molar-refractivity contribution < 1.29 is 82.4 Å². The van der Waals surface area contributed by atoms with Crippen LogP contribution in [-0.2, 0) is 36.8 Å². The molecule has 0 saturated carbocycles. The van der Waals surface area contributed by atoms with Gasteiger partial charge in [0, 0.05) is 67.1 Å². The number of amides is 4. The number of nitrogens with zero attached hydrogens (tertiary/aromatic N) is 3. The van der Waals surface area contributed by atoms with Crippen LogP contribution >= 0.6 is 0 Å². The first-order chi connectivity index (χ1) is 35.4. The van der Waals surface area contributed by atoms with Crippen molar-refractivity contribution in [2.24, 2.45) is 16.2 Å². The molecule has 27 heteroatoms. The predicted molar refractivity (Wildman–Crippen MR) is 253 cm³/mol. The first-order valence-electron chi connectivity index (χ1n) is 22.9. The van der Waals surface area contributed by atoms with Crippen LogP contribution in [0.15, 0.2) is 60.9 Å². The summed E-state index contributed by atoms with van der Waals surface area (Å²) in [6.07, 6.45) is -13.4. The summed E-state index contributed by atoms with van der Waals surface area (Å²) in [6, 6.07) is 3.90. The van der Waals surface area contributed by atoms with Crippen LogP contribution in [0.25, 0.3) is 5.57 Å². The van der Waals surface area contributed by atoms with E-state index in [-0.39, 0.29) is 11.0 Å². The van der Waals surface area contributed by atoms with Gasteiger partial charge in [-0.2, -0.15) is 35.1 Å². The van der Waals surface area contributed by atoms with Gasteiger partial charge in [0.05, 0.1) is 55.8 Å². The lowest BCUT2D eigenvalue weighted by atomic mass is 9.78. The van der Waals surface area contributed by atoms with E-state index in [1.165, 1.54) is 24.3 Å². The number of alkyl halides is 8. The summed E-state index contributed by atoms with van der Waals surface area (Å²) in [4.78, 5) is 59.2. The molecular formula is C49H55F10N9O8. The zero-order valence-corrected chi connectivity index (χ0v) is 41.6. The third kappa shape index (κ3) is 14.6. The highest BCUT2D eigenvalue weighted by Crippen LogP contribution is 2.42. The van der Waals surface area contributed by atoms with Gasteiger partial charge in [-0.15, -0.1) is 0 Å². The van der Waals surface area contributed by atoms with Crippen molar-refractivity contribution in [2.75, 3.05) is 52.0 Å². The number of halogens is 10. The molecule has 3 heterocycles. The van der Waals surface area contributed by atoms with Crippen molar-refractivity contribution >= 4 is 41.6 Å². The van der Waals surface area contributed by atoms with Gasteiger partial charge in [-0.25, -0.2) is 28.4 Å². The van der Waals surface area contributed by atoms with Gasteiger partial charge in [-0.1, -0.05) is 24.0 Å². The number of aliphatic hydroxyl groups is 1. The second kappa shape index (κ2) is 24.2. The first kappa shape index (κ1) is 59.7. The number of methoxy groups -OCH3 is 2. The molecule has 2 aromatic carbocycles. The van der Waals surface area contributed by atoms with Crippen LogP contribution in [0.3, 0.4) is 0 Å². The molecule has 1 spiro atoms. The third-order valence-corrected chi connectivity index (χ3v) is 12.8. The maximum absolute atomic E-state index is 15.9. The number of aromatic nitrogens is 1. The molecule has 0 aliphatic carbocycles. The van der Waals surface area contributed by atoms with Gasteiger partial charge in [0.25, 0.3) is 5.91 Å². The fraction of sp³-hybridized carbons (Fsp3) is 0.469. The SMILES string of the molecule is COC(=O)NC(C(=O)N[C@@H](Cc1ccc(C#Cc2ccc(N3CC4(COC4)C3)nc2)cc1)[C@@H](O)CN(Cc1c(F)cc(/C(C=N)=C/NC(F)F)cc1F)NC(=O)[C@@H](NC(=O)OC)C(C)(C)C(F)(F)F)C(C)(C)C(F)(F)F. The van der Waals surface area contributed by atoms with Crippen LogP contribution in [-0.4, -0.2) is 136 Å². The van der Waals surface area contributed by atoms with Crippen LogP contribution in [0, 0.1) is 45.1 Å². The van der Waals surface area contributed by atoms with Gasteiger partial charge >= 0.3 is 31.1 Å². The molecule has 2 fully saturated rings. The fourth-order valence-corrected chi connectivity index (χ4v) is 7.84. The lowest BCUT2D eigenvalue weighted by Crippen LogP contribution is -2.66. The summed E-state index contributed by atoms with van der Waals surface area (Å²) >= 11 is 0. The summed E-state index contributed by atoms with van der Waals surface area (Å²) in [5.74, 6) is 0.475.